The Morgan fingerprint density at radius 2 is 1.66 bits per heavy atom. The lowest BCUT2D eigenvalue weighted by atomic mass is 9.96. The van der Waals surface area contributed by atoms with E-state index in [-0.39, 0.29) is 11.5 Å². The highest BCUT2D eigenvalue weighted by molar-refractivity contribution is 7.22. The molecule has 1 N–H and O–H groups in total. The van der Waals surface area contributed by atoms with E-state index in [1.807, 2.05) is 54.6 Å². The van der Waals surface area contributed by atoms with Crippen LogP contribution in [0.5, 0.6) is 17.2 Å². The van der Waals surface area contributed by atoms with Crippen LogP contribution in [0.1, 0.15) is 45.5 Å². The highest BCUT2D eigenvalue weighted by Crippen LogP contribution is 2.42. The predicted molar refractivity (Wildman–Crippen MR) is 198 cm³/mol. The number of methoxy groups -OCH3 is 1. The molecular weight excluding hydrogens is 649 g/mol. The van der Waals surface area contributed by atoms with Crippen LogP contribution in [0.4, 0.5) is 0 Å². The Hall–Kier alpha value is -4.25. The number of morpholine rings is 1. The average Bonchev–Trinajstić information content (AvgIpc) is 3.81. The number of phenolic OH excluding ortho intramolecular Hbond substituents is 1. The highest BCUT2D eigenvalue weighted by Gasteiger charge is 2.24. The summed E-state index contributed by atoms with van der Waals surface area (Å²) in [5.74, 6) is 1.54. The molecule has 9 heteroatoms. The van der Waals surface area contributed by atoms with Gasteiger partial charge in [0.15, 0.2) is 5.78 Å². The third kappa shape index (κ3) is 8.04. The van der Waals surface area contributed by atoms with Crippen molar-refractivity contribution in [3.05, 3.63) is 113 Å². The van der Waals surface area contributed by atoms with E-state index in [0.717, 1.165) is 95.4 Å². The van der Waals surface area contributed by atoms with Crippen molar-refractivity contribution < 1.29 is 28.8 Å². The summed E-state index contributed by atoms with van der Waals surface area (Å²) in [5.41, 5.74) is 5.11. The van der Waals surface area contributed by atoms with Gasteiger partial charge in [-0.1, -0.05) is 42.5 Å². The summed E-state index contributed by atoms with van der Waals surface area (Å²) in [6.07, 6.45) is 2.49. The third-order valence-electron chi connectivity index (χ3n) is 9.50. The van der Waals surface area contributed by atoms with Gasteiger partial charge >= 0.3 is 0 Å². The molecule has 7 rings (SSSR count). The number of hydrogen-bond donors (Lipinski definition) is 1. The molecule has 0 spiro atoms. The van der Waals surface area contributed by atoms with Gasteiger partial charge in [-0.15, -0.1) is 11.3 Å². The van der Waals surface area contributed by atoms with E-state index in [4.69, 9.17) is 18.9 Å². The topological polar surface area (TPSA) is 80.7 Å². The van der Waals surface area contributed by atoms with Crippen LogP contribution in [0.15, 0.2) is 84.9 Å². The second kappa shape index (κ2) is 16.2. The Morgan fingerprint density at radius 3 is 2.46 bits per heavy atom. The van der Waals surface area contributed by atoms with Crippen molar-refractivity contribution in [2.24, 2.45) is 0 Å². The van der Waals surface area contributed by atoms with E-state index in [9.17, 15) is 9.90 Å². The Labute approximate surface area is 297 Å². The van der Waals surface area contributed by atoms with Gasteiger partial charge in [0.1, 0.15) is 23.9 Å². The molecule has 0 bridgehead atoms. The Kier molecular flexibility index (Phi) is 11.1. The number of nitrogens with zero attached hydrogens (tertiary/aromatic N) is 2. The Balaban J connectivity index is 1.21. The van der Waals surface area contributed by atoms with Crippen molar-refractivity contribution in [3.8, 4) is 27.7 Å². The lowest BCUT2D eigenvalue weighted by Gasteiger charge is -2.27. The van der Waals surface area contributed by atoms with Crippen LogP contribution in [0.3, 0.4) is 0 Å². The number of likely N-dealkylation sites (tertiary alicyclic amines) is 1. The average molecular weight is 693 g/mol. The number of ether oxygens (including phenoxy) is 4. The van der Waals surface area contributed by atoms with Gasteiger partial charge in [-0.3, -0.25) is 14.6 Å². The minimum atomic E-state index is -0.0963. The number of fused-ring (bicyclic) bond motifs is 1. The third-order valence-corrected chi connectivity index (χ3v) is 10.7. The van der Waals surface area contributed by atoms with Crippen LogP contribution in [0, 0.1) is 0 Å². The first-order chi connectivity index (χ1) is 24.6. The molecule has 0 amide bonds. The summed E-state index contributed by atoms with van der Waals surface area (Å²) >= 11 is 1.50. The molecule has 0 aliphatic carbocycles. The maximum absolute atomic E-state index is 14.5. The van der Waals surface area contributed by atoms with E-state index < -0.39 is 0 Å². The van der Waals surface area contributed by atoms with Gasteiger partial charge < -0.3 is 24.1 Å². The molecule has 1 aromatic heterocycles. The molecule has 2 aliphatic heterocycles. The van der Waals surface area contributed by atoms with Gasteiger partial charge in [0.25, 0.3) is 0 Å². The Bertz CT molecular complexity index is 1910. The molecule has 2 saturated heterocycles. The number of carbonyl (C=O) groups excluding carboxylic acids is 1. The molecule has 0 unspecified atom stereocenters. The Morgan fingerprint density at radius 1 is 0.840 bits per heavy atom. The molecule has 50 heavy (non-hydrogen) atoms. The number of hydrogen-bond acceptors (Lipinski definition) is 9. The summed E-state index contributed by atoms with van der Waals surface area (Å²) in [5, 5.41) is 11.2. The summed E-state index contributed by atoms with van der Waals surface area (Å²) in [4.78, 5) is 20.1. The largest absolute Gasteiger partial charge is 0.508 e. The predicted octanol–water partition coefficient (Wildman–Crippen LogP) is 7.54. The first kappa shape index (κ1) is 34.2. The molecule has 8 nitrogen and oxygen atoms in total. The van der Waals surface area contributed by atoms with Crippen LogP contribution in [-0.2, 0) is 29.2 Å². The van der Waals surface area contributed by atoms with Gasteiger partial charge in [0, 0.05) is 63.4 Å². The fraction of sp³-hybridized carbons (Fsp3) is 0.341. The molecule has 0 saturated carbocycles. The summed E-state index contributed by atoms with van der Waals surface area (Å²) in [7, 11) is 1.65. The molecule has 5 aromatic rings. The number of ketones is 1. The van der Waals surface area contributed by atoms with Gasteiger partial charge in [-0.2, -0.15) is 0 Å². The highest BCUT2D eigenvalue weighted by atomic mass is 32.1. The minimum Gasteiger partial charge on any atom is -0.508 e. The zero-order valence-corrected chi connectivity index (χ0v) is 29.4. The number of aromatic hydroxyl groups is 1. The maximum atomic E-state index is 14.5. The minimum absolute atomic E-state index is 0.0963. The number of thiophene rings is 1. The van der Waals surface area contributed by atoms with Crippen LogP contribution >= 0.6 is 11.3 Å². The smallest absolute Gasteiger partial charge is 0.195 e. The fourth-order valence-electron chi connectivity index (χ4n) is 6.79. The van der Waals surface area contributed by atoms with E-state index in [1.165, 1.54) is 24.2 Å². The van der Waals surface area contributed by atoms with Crippen molar-refractivity contribution in [1.29, 1.82) is 0 Å². The lowest BCUT2D eigenvalue weighted by molar-refractivity contribution is 0.0339. The van der Waals surface area contributed by atoms with Gasteiger partial charge in [-0.05, 0) is 79.5 Å². The molecule has 2 aliphatic rings. The zero-order valence-electron chi connectivity index (χ0n) is 28.6. The lowest BCUT2D eigenvalue weighted by Crippen LogP contribution is -2.35. The quantitative estimate of drug-likeness (QED) is 0.120. The van der Waals surface area contributed by atoms with Crippen molar-refractivity contribution >= 4 is 27.2 Å². The van der Waals surface area contributed by atoms with E-state index in [1.54, 1.807) is 19.2 Å². The monoisotopic (exact) mass is 692 g/mol. The summed E-state index contributed by atoms with van der Waals surface area (Å²) < 4.78 is 24.7. The van der Waals surface area contributed by atoms with Gasteiger partial charge in [-0.25, -0.2) is 0 Å². The SMILES string of the molecule is COc1cc(C(=O)c2c(-c3ccc(OCCN4CCCC4)c(COCc4ccccc4)c3)sc3cc(O)ccc23)ccc1CN1CCOCC1. The normalized spacial score (nSPS) is 15.5. The van der Waals surface area contributed by atoms with Crippen molar-refractivity contribution in [2.75, 3.05) is 59.7 Å². The van der Waals surface area contributed by atoms with Crippen LogP contribution in [0.2, 0.25) is 0 Å². The second-order valence-electron chi connectivity index (χ2n) is 12.9. The molecule has 0 atom stereocenters. The fourth-order valence-corrected chi connectivity index (χ4v) is 8.02. The van der Waals surface area contributed by atoms with Crippen LogP contribution < -0.4 is 9.47 Å². The number of carbonyl (C=O) groups is 1. The van der Waals surface area contributed by atoms with E-state index in [2.05, 4.69) is 28.0 Å². The van der Waals surface area contributed by atoms with Crippen LogP contribution in [-0.4, -0.2) is 80.3 Å². The van der Waals surface area contributed by atoms with Gasteiger partial charge in [0.05, 0.1) is 33.5 Å². The van der Waals surface area contributed by atoms with Gasteiger partial charge in [0.2, 0.25) is 0 Å². The molecule has 0 radical (unpaired) electrons. The molecule has 260 valence electrons. The zero-order chi connectivity index (χ0) is 34.3. The number of phenols is 1. The number of benzene rings is 4. The van der Waals surface area contributed by atoms with Crippen molar-refractivity contribution in [2.45, 2.75) is 32.6 Å². The standard InChI is InChI=1S/C41H44N2O6S/c1-46-37-24-30(9-10-32(37)26-43-17-20-47-21-18-43)40(45)39-35-13-12-34(44)25-38(35)50-41(39)31-11-14-36(49-22-19-42-15-5-6-16-42)33(23-31)28-48-27-29-7-3-2-4-8-29/h2-4,7-14,23-25,44H,5-6,15-22,26-28H2,1H3. The van der Waals surface area contributed by atoms with Crippen molar-refractivity contribution in [3.63, 3.8) is 0 Å². The second-order valence-corrected chi connectivity index (χ2v) is 14.0. The maximum Gasteiger partial charge on any atom is 0.195 e. The molecule has 4 aromatic carbocycles. The van der Waals surface area contributed by atoms with Crippen LogP contribution in [0.25, 0.3) is 20.5 Å². The molecule has 3 heterocycles. The first-order valence-corrected chi connectivity index (χ1v) is 18.2. The number of rotatable bonds is 14. The van der Waals surface area contributed by atoms with E-state index >= 15 is 0 Å². The molecular formula is C41H44N2O6S. The summed E-state index contributed by atoms with van der Waals surface area (Å²) in [6.45, 7) is 8.46. The summed E-state index contributed by atoms with van der Waals surface area (Å²) in [6, 6.07) is 27.2. The van der Waals surface area contributed by atoms with Crippen molar-refractivity contribution in [1.82, 2.24) is 9.80 Å². The van der Waals surface area contributed by atoms with E-state index in [0.29, 0.717) is 36.7 Å². The first-order valence-electron chi connectivity index (χ1n) is 17.4. The molecule has 2 fully saturated rings.